The van der Waals surface area contributed by atoms with Gasteiger partial charge in [0.2, 0.25) is 0 Å². The van der Waals surface area contributed by atoms with Gasteiger partial charge >= 0.3 is 0 Å². The number of carbonyl (C=O) groups is 2. The Hall–Kier alpha value is -3.51. The predicted molar refractivity (Wildman–Crippen MR) is 108 cm³/mol. The van der Waals surface area contributed by atoms with E-state index in [-0.39, 0.29) is 4.48 Å². The van der Waals surface area contributed by atoms with Gasteiger partial charge in [-0.25, -0.2) is 0 Å². The molecule has 0 saturated carbocycles. The van der Waals surface area contributed by atoms with Crippen LogP contribution in [0, 0.1) is 6.92 Å². The molecule has 1 aliphatic heterocycles. The second-order valence-electron chi connectivity index (χ2n) is 7.22. The largest absolute Gasteiger partial charge is 0.363 e. The van der Waals surface area contributed by atoms with Crippen LogP contribution in [-0.4, -0.2) is 30.9 Å². The molecule has 0 fully saturated rings. The van der Waals surface area contributed by atoms with Crippen LogP contribution in [0.2, 0.25) is 0 Å². The number of aromatic nitrogens is 1. The summed E-state index contributed by atoms with van der Waals surface area (Å²) in [6.45, 7) is 1.80. The van der Waals surface area contributed by atoms with Gasteiger partial charge in [-0.1, -0.05) is 47.6 Å². The van der Waals surface area contributed by atoms with E-state index in [1.165, 1.54) is 0 Å². The average Bonchev–Trinajstić information content (AvgIpc) is 3.16. The zero-order valence-corrected chi connectivity index (χ0v) is 15.9. The quantitative estimate of drug-likeness (QED) is 0.561. The van der Waals surface area contributed by atoms with Crippen LogP contribution < -0.4 is 10.2 Å². The molecule has 2 aromatic carbocycles. The van der Waals surface area contributed by atoms with Gasteiger partial charge in [0.25, 0.3) is 11.7 Å². The van der Waals surface area contributed by atoms with E-state index in [0.29, 0.717) is 33.9 Å². The normalized spacial score (nSPS) is 14.8. The Morgan fingerprint density at radius 1 is 1.00 bits per heavy atom. The number of carbonyl (C=O) groups excluding carboxylic acids is 2. The summed E-state index contributed by atoms with van der Waals surface area (Å²) < 4.78 is 5.79. The predicted octanol–water partition coefficient (Wildman–Crippen LogP) is 3.15. The fraction of sp³-hybridized carbons (Fsp3) is 0.136. The number of nitrogens with zero attached hydrogens (tertiary/aromatic N) is 2. The lowest BCUT2D eigenvalue weighted by Gasteiger charge is -2.27. The van der Waals surface area contributed by atoms with Crippen molar-refractivity contribution in [3.05, 3.63) is 71.5 Å². The van der Waals surface area contributed by atoms with Crippen LogP contribution in [0.4, 0.5) is 5.69 Å². The number of primary amides is 1. The number of rotatable bonds is 4. The van der Waals surface area contributed by atoms with Crippen LogP contribution in [-0.2, 0) is 9.59 Å². The van der Waals surface area contributed by atoms with Crippen molar-refractivity contribution in [3.8, 4) is 11.3 Å². The first-order valence-corrected chi connectivity index (χ1v) is 8.89. The maximum absolute atomic E-state index is 12.9. The second kappa shape index (κ2) is 6.28. The second-order valence-corrected chi connectivity index (χ2v) is 7.22. The van der Waals surface area contributed by atoms with Gasteiger partial charge in [-0.05, 0) is 13.0 Å². The van der Waals surface area contributed by atoms with Crippen molar-refractivity contribution >= 4 is 28.6 Å². The third-order valence-electron chi connectivity index (χ3n) is 5.17. The summed E-state index contributed by atoms with van der Waals surface area (Å²) >= 11 is 0. The Morgan fingerprint density at radius 3 is 2.32 bits per heavy atom. The smallest absolute Gasteiger partial charge is 0.290 e. The number of hydrogen-bond acceptors (Lipinski definition) is 4. The summed E-state index contributed by atoms with van der Waals surface area (Å²) in [5.74, 6) is -1.13. The van der Waals surface area contributed by atoms with Gasteiger partial charge in [0, 0.05) is 11.6 Å². The van der Waals surface area contributed by atoms with E-state index in [0.717, 1.165) is 11.3 Å². The van der Waals surface area contributed by atoms with Crippen molar-refractivity contribution in [1.82, 2.24) is 9.64 Å². The van der Waals surface area contributed by atoms with Crippen molar-refractivity contribution in [3.63, 3.8) is 0 Å². The highest BCUT2D eigenvalue weighted by atomic mass is 16.5. The standard InChI is InChI=1S/C22H19N3O3/c1-13-17(19(24-28-13)14-9-5-4-6-10-14)20-18(21(26)22(23)27)15-11-7-8-12-16(15)25(20,2)3/h4-12H,1-3H3,(H-,23,27)/p+1. The number of ketones is 1. The number of benzene rings is 2. The first kappa shape index (κ1) is 17.9. The Kier molecular flexibility index (Phi) is 4.01. The molecule has 1 aromatic heterocycles. The summed E-state index contributed by atoms with van der Waals surface area (Å²) in [6.07, 6.45) is 0. The van der Waals surface area contributed by atoms with Gasteiger partial charge in [-0.15, -0.1) is 0 Å². The lowest BCUT2D eigenvalue weighted by Crippen LogP contribution is -2.37. The van der Waals surface area contributed by atoms with Gasteiger partial charge in [0.15, 0.2) is 5.70 Å². The minimum absolute atomic E-state index is 0.270. The molecule has 0 unspecified atom stereocenters. The molecule has 1 amide bonds. The van der Waals surface area contributed by atoms with Crippen molar-refractivity contribution in [1.29, 1.82) is 0 Å². The Labute approximate surface area is 162 Å². The van der Waals surface area contributed by atoms with Crippen molar-refractivity contribution in [2.75, 3.05) is 14.1 Å². The molecule has 140 valence electrons. The number of amides is 1. The maximum atomic E-state index is 12.9. The molecule has 1 aliphatic rings. The van der Waals surface area contributed by atoms with E-state index in [9.17, 15) is 9.59 Å². The summed E-state index contributed by atoms with van der Waals surface area (Å²) in [5, 5.41) is 4.25. The zero-order valence-electron chi connectivity index (χ0n) is 15.9. The number of quaternary nitrogens is 1. The Balaban J connectivity index is 2.09. The van der Waals surface area contributed by atoms with Gasteiger partial charge in [0.05, 0.1) is 19.7 Å². The molecule has 2 N–H and O–H groups in total. The molecule has 0 atom stereocenters. The van der Waals surface area contributed by atoms with Crippen molar-refractivity contribution < 1.29 is 14.1 Å². The van der Waals surface area contributed by atoms with E-state index in [2.05, 4.69) is 5.16 Å². The lowest BCUT2D eigenvalue weighted by molar-refractivity contribution is -0.132. The molecule has 0 spiro atoms. The van der Waals surface area contributed by atoms with Crippen LogP contribution in [0.5, 0.6) is 0 Å². The van der Waals surface area contributed by atoms with Crippen LogP contribution in [0.1, 0.15) is 16.9 Å². The molecule has 3 aromatic rings. The molecule has 0 radical (unpaired) electrons. The van der Waals surface area contributed by atoms with Crippen molar-refractivity contribution in [2.24, 2.45) is 5.73 Å². The highest BCUT2D eigenvalue weighted by molar-refractivity contribution is 6.56. The number of aryl methyl sites for hydroxylation is 1. The lowest BCUT2D eigenvalue weighted by atomic mass is 9.95. The van der Waals surface area contributed by atoms with E-state index >= 15 is 0 Å². The molecule has 6 heteroatoms. The molecular weight excluding hydrogens is 354 g/mol. The summed E-state index contributed by atoms with van der Waals surface area (Å²) in [6, 6.07) is 17.1. The van der Waals surface area contributed by atoms with Crippen molar-refractivity contribution in [2.45, 2.75) is 6.92 Å². The van der Waals surface area contributed by atoms with Gasteiger partial charge in [-0.3, -0.25) is 14.1 Å². The number of fused-ring (bicyclic) bond motifs is 1. The van der Waals surface area contributed by atoms with E-state index in [4.69, 9.17) is 10.3 Å². The third kappa shape index (κ3) is 2.50. The number of Topliss-reactive ketones (excluding diaryl/α,β-unsaturated/α-hetero) is 1. The van der Waals surface area contributed by atoms with Crippen LogP contribution in [0.25, 0.3) is 22.5 Å². The van der Waals surface area contributed by atoms with Gasteiger partial charge in [0.1, 0.15) is 28.3 Å². The number of para-hydroxylation sites is 1. The highest BCUT2D eigenvalue weighted by Crippen LogP contribution is 2.50. The number of hydrogen-bond donors (Lipinski definition) is 1. The first-order valence-electron chi connectivity index (χ1n) is 8.89. The van der Waals surface area contributed by atoms with Gasteiger partial charge < -0.3 is 10.3 Å². The van der Waals surface area contributed by atoms with Crippen LogP contribution in [0.15, 0.2) is 59.1 Å². The molecule has 6 nitrogen and oxygen atoms in total. The van der Waals surface area contributed by atoms with Crippen LogP contribution >= 0.6 is 0 Å². The third-order valence-corrected chi connectivity index (χ3v) is 5.17. The average molecular weight is 374 g/mol. The Bertz CT molecular complexity index is 1140. The molecule has 0 bridgehead atoms. The molecule has 0 saturated heterocycles. The van der Waals surface area contributed by atoms with E-state index in [1.54, 1.807) is 6.92 Å². The molecule has 0 aliphatic carbocycles. The summed E-state index contributed by atoms with van der Waals surface area (Å²) in [4.78, 5) is 24.7. The van der Waals surface area contributed by atoms with E-state index in [1.807, 2.05) is 68.7 Å². The SMILES string of the molecule is Cc1onc(-c2ccccc2)c1C1=C(C(=O)C(N)=O)c2ccccc2[N+]1(C)C. The first-order chi connectivity index (χ1) is 13.3. The Morgan fingerprint density at radius 2 is 1.64 bits per heavy atom. The van der Waals surface area contributed by atoms with Gasteiger partial charge in [-0.2, -0.15) is 0 Å². The highest BCUT2D eigenvalue weighted by Gasteiger charge is 2.46. The topological polar surface area (TPSA) is 86.2 Å². The van der Waals surface area contributed by atoms with Crippen LogP contribution in [0.3, 0.4) is 0 Å². The number of nitrogens with two attached hydrogens (primary N) is 1. The molecular formula is C22H20N3O3+. The fourth-order valence-electron chi connectivity index (χ4n) is 3.90. The van der Waals surface area contributed by atoms with E-state index < -0.39 is 11.7 Å². The zero-order chi connectivity index (χ0) is 20.1. The maximum Gasteiger partial charge on any atom is 0.290 e. The molecule has 4 rings (SSSR count). The molecule has 2 heterocycles. The minimum Gasteiger partial charge on any atom is -0.363 e. The summed E-state index contributed by atoms with van der Waals surface area (Å²) in [7, 11) is 3.94. The minimum atomic E-state index is -0.987. The fourth-order valence-corrected chi connectivity index (χ4v) is 3.90. The monoisotopic (exact) mass is 374 g/mol. The molecule has 28 heavy (non-hydrogen) atoms. The summed E-state index contributed by atoms with van der Waals surface area (Å²) in [5.41, 5.74) is 10.2.